The zero-order chi connectivity index (χ0) is 35.3. The Morgan fingerprint density at radius 1 is 0.472 bits per heavy atom. The summed E-state index contributed by atoms with van der Waals surface area (Å²) < 4.78 is 6.68. The molecule has 10 aromatic rings. The Bertz CT molecular complexity index is 3050. The SMILES string of the molecule is N#Cc1ccc(-c2ccc(-c3ccc4c(oc5ccccc54)c3-c3nc(-c4ccccc4)nc(-c4cc5ccccc5c5ccccc45)n3)nc2)cc1. The molecule has 0 N–H and O–H groups in total. The molecule has 0 aliphatic rings. The number of para-hydroxylation sites is 1. The molecule has 246 valence electrons. The lowest BCUT2D eigenvalue weighted by Gasteiger charge is -2.14. The molecule has 3 aromatic heterocycles. The third-order valence-electron chi connectivity index (χ3n) is 9.83. The normalized spacial score (nSPS) is 11.4. The molecule has 10 rings (SSSR count). The molecule has 0 fully saturated rings. The highest BCUT2D eigenvalue weighted by molar-refractivity contribution is 6.14. The van der Waals surface area contributed by atoms with Crippen LogP contribution in [0.5, 0.6) is 0 Å². The zero-order valence-electron chi connectivity index (χ0n) is 28.2. The smallest absolute Gasteiger partial charge is 0.168 e. The van der Waals surface area contributed by atoms with Gasteiger partial charge in [0.25, 0.3) is 0 Å². The summed E-state index contributed by atoms with van der Waals surface area (Å²) in [5.74, 6) is 1.62. The van der Waals surface area contributed by atoms with E-state index in [2.05, 4.69) is 78.9 Å². The van der Waals surface area contributed by atoms with E-state index < -0.39 is 0 Å². The van der Waals surface area contributed by atoms with Crippen molar-refractivity contribution in [1.29, 1.82) is 5.26 Å². The van der Waals surface area contributed by atoms with E-state index in [1.165, 1.54) is 5.39 Å². The van der Waals surface area contributed by atoms with Crippen LogP contribution >= 0.6 is 0 Å². The quantitative estimate of drug-likeness (QED) is 0.168. The van der Waals surface area contributed by atoms with Crippen molar-refractivity contribution >= 4 is 43.5 Å². The fourth-order valence-electron chi connectivity index (χ4n) is 7.25. The summed E-state index contributed by atoms with van der Waals surface area (Å²) >= 11 is 0. The number of nitrogens with zero attached hydrogens (tertiary/aromatic N) is 5. The van der Waals surface area contributed by atoms with Crippen LogP contribution in [0.1, 0.15) is 5.56 Å². The highest BCUT2D eigenvalue weighted by atomic mass is 16.3. The second-order valence-electron chi connectivity index (χ2n) is 12.9. The molecular weight excluding hydrogens is 651 g/mol. The summed E-state index contributed by atoms with van der Waals surface area (Å²) in [7, 11) is 0. The first kappa shape index (κ1) is 30.3. The highest BCUT2D eigenvalue weighted by Crippen LogP contribution is 2.42. The Labute approximate surface area is 304 Å². The fraction of sp³-hybridized carbons (Fsp3) is 0. The topological polar surface area (TPSA) is 88.5 Å². The summed E-state index contributed by atoms with van der Waals surface area (Å²) in [5.41, 5.74) is 8.13. The van der Waals surface area contributed by atoms with Crippen LogP contribution in [0.2, 0.25) is 0 Å². The summed E-state index contributed by atoms with van der Waals surface area (Å²) in [6.07, 6.45) is 1.86. The van der Waals surface area contributed by atoms with E-state index >= 15 is 0 Å². The van der Waals surface area contributed by atoms with Crippen LogP contribution in [-0.2, 0) is 0 Å². The van der Waals surface area contributed by atoms with Crippen molar-refractivity contribution in [2.24, 2.45) is 0 Å². The van der Waals surface area contributed by atoms with Crippen LogP contribution in [0, 0.1) is 11.3 Å². The van der Waals surface area contributed by atoms with Crippen molar-refractivity contribution in [2.45, 2.75) is 0 Å². The molecule has 0 bridgehead atoms. The summed E-state index contributed by atoms with van der Waals surface area (Å²) in [6, 6.07) is 55.0. The average molecular weight is 678 g/mol. The maximum Gasteiger partial charge on any atom is 0.168 e. The molecule has 0 spiro atoms. The molecule has 0 radical (unpaired) electrons. The lowest BCUT2D eigenvalue weighted by Crippen LogP contribution is -2.02. The van der Waals surface area contributed by atoms with Crippen molar-refractivity contribution in [3.8, 4) is 62.6 Å². The van der Waals surface area contributed by atoms with Crippen molar-refractivity contribution in [3.05, 3.63) is 169 Å². The maximum absolute atomic E-state index is 9.27. The minimum atomic E-state index is 0.490. The number of hydrogen-bond acceptors (Lipinski definition) is 6. The van der Waals surface area contributed by atoms with E-state index in [4.69, 9.17) is 24.4 Å². The second-order valence-corrected chi connectivity index (χ2v) is 12.9. The maximum atomic E-state index is 9.27. The van der Waals surface area contributed by atoms with E-state index in [1.807, 2.05) is 91.1 Å². The summed E-state index contributed by atoms with van der Waals surface area (Å²) in [4.78, 5) is 20.6. The molecule has 0 saturated carbocycles. The molecule has 53 heavy (non-hydrogen) atoms. The number of hydrogen-bond donors (Lipinski definition) is 0. The Morgan fingerprint density at radius 2 is 1.15 bits per heavy atom. The fourth-order valence-corrected chi connectivity index (χ4v) is 7.25. The first-order valence-corrected chi connectivity index (χ1v) is 17.4. The minimum absolute atomic E-state index is 0.490. The van der Waals surface area contributed by atoms with Gasteiger partial charge in [0.05, 0.1) is 22.9 Å². The minimum Gasteiger partial charge on any atom is -0.455 e. The van der Waals surface area contributed by atoms with Crippen molar-refractivity contribution in [1.82, 2.24) is 19.9 Å². The van der Waals surface area contributed by atoms with E-state index in [0.29, 0.717) is 28.6 Å². The van der Waals surface area contributed by atoms with Gasteiger partial charge in [0.2, 0.25) is 0 Å². The molecule has 6 nitrogen and oxygen atoms in total. The predicted octanol–water partition coefficient (Wildman–Crippen LogP) is 11.7. The van der Waals surface area contributed by atoms with E-state index in [0.717, 1.165) is 71.6 Å². The standard InChI is InChI=1S/C47H27N5O/c48-27-29-18-20-30(21-19-29)33-22-25-41(49-28-33)39-24-23-38-37-16-8-9-17-42(37)53-44(38)43(39)47-51-45(31-10-2-1-3-11-31)50-46(52-47)40-26-32-12-4-5-13-34(32)35-14-6-7-15-36(35)40/h1-26,28H. The van der Waals surface area contributed by atoms with Gasteiger partial charge in [-0.2, -0.15) is 5.26 Å². The molecule has 0 aliphatic carbocycles. The third-order valence-corrected chi connectivity index (χ3v) is 9.83. The summed E-state index contributed by atoms with van der Waals surface area (Å²) in [6.45, 7) is 0. The number of pyridine rings is 1. The Kier molecular flexibility index (Phi) is 7.09. The number of nitriles is 1. The molecule has 0 unspecified atom stereocenters. The van der Waals surface area contributed by atoms with Crippen LogP contribution in [0.3, 0.4) is 0 Å². The number of benzene rings is 7. The zero-order valence-corrected chi connectivity index (χ0v) is 28.2. The monoisotopic (exact) mass is 677 g/mol. The van der Waals surface area contributed by atoms with E-state index in [1.54, 1.807) is 0 Å². The Balaban J connectivity index is 1.25. The molecule has 7 aromatic carbocycles. The van der Waals surface area contributed by atoms with Gasteiger partial charge in [0.15, 0.2) is 17.5 Å². The van der Waals surface area contributed by atoms with Crippen LogP contribution in [0.25, 0.3) is 100 Å². The van der Waals surface area contributed by atoms with Gasteiger partial charge in [-0.1, -0.05) is 121 Å². The van der Waals surface area contributed by atoms with Gasteiger partial charge in [-0.05, 0) is 63.5 Å². The Morgan fingerprint density at radius 3 is 1.94 bits per heavy atom. The average Bonchev–Trinajstić information content (AvgIpc) is 3.62. The van der Waals surface area contributed by atoms with E-state index in [9.17, 15) is 5.26 Å². The van der Waals surface area contributed by atoms with Gasteiger partial charge < -0.3 is 4.42 Å². The molecular formula is C47H27N5O. The molecule has 0 saturated heterocycles. The highest BCUT2D eigenvalue weighted by Gasteiger charge is 2.23. The van der Waals surface area contributed by atoms with Gasteiger partial charge in [0, 0.05) is 39.2 Å². The Hall–Kier alpha value is -7.49. The second kappa shape index (κ2) is 12.4. The number of furan rings is 1. The third kappa shape index (κ3) is 5.19. The van der Waals surface area contributed by atoms with Gasteiger partial charge in [-0.25, -0.2) is 15.0 Å². The lowest BCUT2D eigenvalue weighted by molar-refractivity contribution is 0.669. The molecule has 0 atom stereocenters. The van der Waals surface area contributed by atoms with Crippen molar-refractivity contribution < 1.29 is 4.42 Å². The molecule has 6 heteroatoms. The first-order valence-electron chi connectivity index (χ1n) is 17.4. The van der Waals surface area contributed by atoms with Crippen LogP contribution in [0.15, 0.2) is 168 Å². The molecule has 0 aliphatic heterocycles. The summed E-state index contributed by atoms with van der Waals surface area (Å²) in [5, 5.41) is 15.7. The first-order chi connectivity index (χ1) is 26.2. The van der Waals surface area contributed by atoms with Gasteiger partial charge in [-0.3, -0.25) is 4.98 Å². The van der Waals surface area contributed by atoms with Crippen LogP contribution < -0.4 is 0 Å². The largest absolute Gasteiger partial charge is 0.455 e. The van der Waals surface area contributed by atoms with Gasteiger partial charge in [0.1, 0.15) is 11.2 Å². The van der Waals surface area contributed by atoms with Gasteiger partial charge in [-0.15, -0.1) is 0 Å². The van der Waals surface area contributed by atoms with Crippen LogP contribution in [-0.4, -0.2) is 19.9 Å². The number of rotatable bonds is 5. The number of aromatic nitrogens is 4. The lowest BCUT2D eigenvalue weighted by atomic mass is 9.96. The molecule has 0 amide bonds. The van der Waals surface area contributed by atoms with Crippen molar-refractivity contribution in [2.75, 3.05) is 0 Å². The van der Waals surface area contributed by atoms with Crippen LogP contribution in [0.4, 0.5) is 0 Å². The van der Waals surface area contributed by atoms with E-state index in [-0.39, 0.29) is 0 Å². The predicted molar refractivity (Wildman–Crippen MR) is 212 cm³/mol. The number of fused-ring (bicyclic) bond motifs is 6. The molecule has 3 heterocycles. The van der Waals surface area contributed by atoms with Crippen molar-refractivity contribution in [3.63, 3.8) is 0 Å². The van der Waals surface area contributed by atoms with Gasteiger partial charge >= 0.3 is 0 Å².